The minimum atomic E-state index is -0.672. The van der Waals surface area contributed by atoms with Crippen molar-refractivity contribution >= 4 is 33.7 Å². The molecule has 0 atom stereocenters. The minimum Gasteiger partial charge on any atom is -0.496 e. The lowest BCUT2D eigenvalue weighted by molar-refractivity contribution is -0.394. The van der Waals surface area contributed by atoms with Crippen LogP contribution in [0, 0.1) is 20.2 Å². The van der Waals surface area contributed by atoms with Crippen molar-refractivity contribution in [1.82, 2.24) is 19.5 Å². The Morgan fingerprint density at radius 3 is 2.12 bits per heavy atom. The summed E-state index contributed by atoms with van der Waals surface area (Å²) in [5.41, 5.74) is 2.23. The summed E-state index contributed by atoms with van der Waals surface area (Å²) < 4.78 is 7.21. The van der Waals surface area contributed by atoms with Crippen LogP contribution in [0.4, 0.5) is 11.4 Å². The smallest absolute Gasteiger partial charge is 0.277 e. The number of hydrogen-bond donors (Lipinski definition) is 0. The first kappa shape index (κ1) is 20.9. The number of benzene rings is 3. The van der Waals surface area contributed by atoms with Crippen LogP contribution in [-0.2, 0) is 6.54 Å². The van der Waals surface area contributed by atoms with Gasteiger partial charge in [0, 0.05) is 23.3 Å². The van der Waals surface area contributed by atoms with E-state index in [2.05, 4.69) is 9.97 Å². The third-order valence-corrected chi connectivity index (χ3v) is 5.36. The van der Waals surface area contributed by atoms with Crippen LogP contribution in [0.5, 0.6) is 5.75 Å². The fourth-order valence-electron chi connectivity index (χ4n) is 3.81. The fourth-order valence-corrected chi connectivity index (χ4v) is 3.81. The molecule has 11 heteroatoms. The van der Waals surface area contributed by atoms with Crippen LogP contribution in [0.2, 0.25) is 0 Å². The second-order valence-electron chi connectivity index (χ2n) is 7.45. The van der Waals surface area contributed by atoms with Crippen LogP contribution in [0.25, 0.3) is 33.7 Å². The zero-order chi connectivity index (χ0) is 23.8. The molecular weight excluding hydrogens is 440 g/mol. The summed E-state index contributed by atoms with van der Waals surface area (Å²) in [7, 11) is 1.56. The second kappa shape index (κ2) is 8.20. The molecule has 5 rings (SSSR count). The molecule has 2 aromatic heterocycles. The molecule has 0 spiro atoms. The van der Waals surface area contributed by atoms with Crippen molar-refractivity contribution in [3.05, 3.63) is 92.5 Å². The van der Waals surface area contributed by atoms with Gasteiger partial charge in [0.15, 0.2) is 11.3 Å². The SMILES string of the molecule is COc1ccccc1Cn1c(-c2cc([N+](=O)[O-])cc([N+](=O)[O-])c2)nc2nc3ccccc3nc21. The number of nitro groups is 2. The molecule has 11 nitrogen and oxygen atoms in total. The predicted octanol–water partition coefficient (Wildman–Crippen LogP) is 4.52. The highest BCUT2D eigenvalue weighted by Gasteiger charge is 2.23. The van der Waals surface area contributed by atoms with E-state index in [1.165, 1.54) is 12.1 Å². The standard InChI is InChI=1S/C23H16N6O5/c1-34-20-9-5-2-6-14(20)13-27-22(15-10-16(28(30)31)12-17(11-15)29(32)33)26-21-23(27)25-19-8-4-3-7-18(19)24-21/h2-12H,13H2,1H3. The summed E-state index contributed by atoms with van der Waals surface area (Å²) >= 11 is 0. The molecule has 0 aliphatic rings. The quantitative estimate of drug-likeness (QED) is 0.268. The predicted molar refractivity (Wildman–Crippen MR) is 124 cm³/mol. The number of aromatic nitrogens is 4. The van der Waals surface area contributed by atoms with Crippen molar-refractivity contribution in [3.8, 4) is 17.1 Å². The molecule has 0 unspecified atom stereocenters. The monoisotopic (exact) mass is 456 g/mol. The fraction of sp³-hybridized carbons (Fsp3) is 0.0870. The molecule has 0 fully saturated rings. The zero-order valence-corrected chi connectivity index (χ0v) is 17.8. The van der Waals surface area contributed by atoms with Gasteiger partial charge in [-0.1, -0.05) is 30.3 Å². The van der Waals surface area contributed by atoms with E-state index in [9.17, 15) is 20.2 Å². The Kier molecular flexibility index (Phi) is 5.05. The van der Waals surface area contributed by atoms with E-state index in [-0.39, 0.29) is 17.9 Å². The van der Waals surface area contributed by atoms with Crippen molar-refractivity contribution in [2.75, 3.05) is 7.11 Å². The highest BCUT2D eigenvalue weighted by molar-refractivity contribution is 5.85. The lowest BCUT2D eigenvalue weighted by Crippen LogP contribution is -2.05. The number of nitro benzene ring substituents is 2. The number of para-hydroxylation sites is 3. The molecule has 0 aliphatic carbocycles. The van der Waals surface area contributed by atoms with E-state index < -0.39 is 21.2 Å². The Hall–Kier alpha value is -4.93. The van der Waals surface area contributed by atoms with E-state index in [1.807, 2.05) is 42.5 Å². The Balaban J connectivity index is 1.80. The topological polar surface area (TPSA) is 139 Å². The number of fused-ring (bicyclic) bond motifs is 2. The number of imidazole rings is 1. The molecule has 2 heterocycles. The van der Waals surface area contributed by atoms with Crippen LogP contribution in [0.15, 0.2) is 66.7 Å². The summed E-state index contributed by atoms with van der Waals surface area (Å²) in [6.45, 7) is 0.249. The van der Waals surface area contributed by atoms with Crippen molar-refractivity contribution in [2.24, 2.45) is 0 Å². The lowest BCUT2D eigenvalue weighted by atomic mass is 10.1. The normalized spacial score (nSPS) is 11.1. The summed E-state index contributed by atoms with van der Waals surface area (Å²) in [5, 5.41) is 22.9. The van der Waals surface area contributed by atoms with Gasteiger partial charge in [-0.05, 0) is 18.2 Å². The molecule has 0 saturated carbocycles. The molecule has 0 saturated heterocycles. The molecular formula is C23H16N6O5. The average molecular weight is 456 g/mol. The molecule has 0 radical (unpaired) electrons. The van der Waals surface area contributed by atoms with Crippen LogP contribution in [-0.4, -0.2) is 36.5 Å². The van der Waals surface area contributed by atoms with E-state index >= 15 is 0 Å². The van der Waals surface area contributed by atoms with Gasteiger partial charge in [-0.15, -0.1) is 0 Å². The Morgan fingerprint density at radius 1 is 0.853 bits per heavy atom. The highest BCUT2D eigenvalue weighted by atomic mass is 16.6. The summed E-state index contributed by atoms with van der Waals surface area (Å²) in [6.07, 6.45) is 0. The van der Waals surface area contributed by atoms with Gasteiger partial charge in [0.25, 0.3) is 11.4 Å². The molecule has 0 N–H and O–H groups in total. The van der Waals surface area contributed by atoms with Gasteiger partial charge in [-0.25, -0.2) is 15.0 Å². The summed E-state index contributed by atoms with van der Waals surface area (Å²) in [6, 6.07) is 18.1. The Labute approximate surface area is 191 Å². The number of non-ortho nitro benzene ring substituents is 2. The molecule has 0 amide bonds. The van der Waals surface area contributed by atoms with E-state index in [0.29, 0.717) is 28.1 Å². The van der Waals surface area contributed by atoms with E-state index in [1.54, 1.807) is 17.7 Å². The van der Waals surface area contributed by atoms with Crippen LogP contribution >= 0.6 is 0 Å². The van der Waals surface area contributed by atoms with Crippen molar-refractivity contribution < 1.29 is 14.6 Å². The van der Waals surface area contributed by atoms with Crippen molar-refractivity contribution in [1.29, 1.82) is 0 Å². The largest absolute Gasteiger partial charge is 0.496 e. The number of hydrogen-bond acceptors (Lipinski definition) is 8. The zero-order valence-electron chi connectivity index (χ0n) is 17.8. The minimum absolute atomic E-state index is 0.208. The summed E-state index contributed by atoms with van der Waals surface area (Å²) in [4.78, 5) is 35.5. The van der Waals surface area contributed by atoms with Gasteiger partial charge in [-0.2, -0.15) is 0 Å². The van der Waals surface area contributed by atoms with Gasteiger partial charge in [0.2, 0.25) is 0 Å². The molecule has 168 valence electrons. The molecule has 5 aromatic rings. The third-order valence-electron chi connectivity index (χ3n) is 5.36. The average Bonchev–Trinajstić information content (AvgIpc) is 3.19. The summed E-state index contributed by atoms with van der Waals surface area (Å²) in [5.74, 6) is 0.900. The molecule has 3 aromatic carbocycles. The maximum absolute atomic E-state index is 11.5. The molecule has 0 bridgehead atoms. The highest BCUT2D eigenvalue weighted by Crippen LogP contribution is 2.32. The van der Waals surface area contributed by atoms with Crippen LogP contribution < -0.4 is 4.74 Å². The first-order chi connectivity index (χ1) is 16.4. The number of methoxy groups -OCH3 is 1. The van der Waals surface area contributed by atoms with Gasteiger partial charge >= 0.3 is 0 Å². The molecule has 34 heavy (non-hydrogen) atoms. The van der Waals surface area contributed by atoms with Crippen molar-refractivity contribution in [2.45, 2.75) is 6.54 Å². The maximum atomic E-state index is 11.5. The van der Waals surface area contributed by atoms with Gasteiger partial charge in [0.05, 0.1) is 40.6 Å². The van der Waals surface area contributed by atoms with E-state index in [4.69, 9.17) is 9.72 Å². The van der Waals surface area contributed by atoms with Crippen molar-refractivity contribution in [3.63, 3.8) is 0 Å². The van der Waals surface area contributed by atoms with Gasteiger partial charge < -0.3 is 9.30 Å². The van der Waals surface area contributed by atoms with E-state index in [0.717, 1.165) is 11.6 Å². The Morgan fingerprint density at radius 2 is 1.47 bits per heavy atom. The molecule has 0 aliphatic heterocycles. The number of rotatable bonds is 6. The lowest BCUT2D eigenvalue weighted by Gasteiger charge is -2.12. The number of ether oxygens (including phenoxy) is 1. The third kappa shape index (κ3) is 3.64. The second-order valence-corrected chi connectivity index (χ2v) is 7.45. The maximum Gasteiger partial charge on any atom is 0.277 e. The first-order valence-corrected chi connectivity index (χ1v) is 10.1. The Bertz CT molecular complexity index is 1560. The number of nitrogens with zero attached hydrogens (tertiary/aromatic N) is 6. The van der Waals surface area contributed by atoms with Crippen LogP contribution in [0.1, 0.15) is 5.56 Å². The first-order valence-electron chi connectivity index (χ1n) is 10.1. The van der Waals surface area contributed by atoms with Crippen LogP contribution in [0.3, 0.4) is 0 Å². The van der Waals surface area contributed by atoms with Gasteiger partial charge in [-0.3, -0.25) is 20.2 Å². The van der Waals surface area contributed by atoms with Gasteiger partial charge in [0.1, 0.15) is 11.6 Å².